The highest BCUT2D eigenvalue weighted by atomic mass is 16.5. The summed E-state index contributed by atoms with van der Waals surface area (Å²) in [4.78, 5) is 2.22. The Morgan fingerprint density at radius 1 is 1.20 bits per heavy atom. The summed E-state index contributed by atoms with van der Waals surface area (Å²) < 4.78 is 5.36. The van der Waals surface area contributed by atoms with E-state index in [1.807, 2.05) is 6.07 Å². The number of benzene rings is 1. The molecule has 0 amide bonds. The smallest absolute Gasteiger partial charge is 0.151 e. The van der Waals surface area contributed by atoms with Gasteiger partial charge in [-0.05, 0) is 26.1 Å². The fourth-order valence-corrected chi connectivity index (χ4v) is 2.09. The average molecular weight is 273 g/mol. The van der Waals surface area contributed by atoms with Gasteiger partial charge in [0.25, 0.3) is 0 Å². The van der Waals surface area contributed by atoms with Crippen molar-refractivity contribution in [3.63, 3.8) is 0 Å². The summed E-state index contributed by atoms with van der Waals surface area (Å²) >= 11 is 0. The molecule has 1 N–H and O–H groups in total. The van der Waals surface area contributed by atoms with Crippen LogP contribution in [0.2, 0.25) is 0 Å². The van der Waals surface area contributed by atoms with E-state index in [0.29, 0.717) is 0 Å². The van der Waals surface area contributed by atoms with E-state index < -0.39 is 0 Å². The molecule has 0 atom stereocenters. The lowest BCUT2D eigenvalue weighted by atomic mass is 10.1. The van der Waals surface area contributed by atoms with Crippen molar-refractivity contribution in [1.29, 1.82) is 0 Å². The molecule has 0 saturated carbocycles. The topological polar surface area (TPSA) is 41.3 Å². The Morgan fingerprint density at radius 2 is 1.95 bits per heavy atom. The molecule has 2 rings (SSSR count). The number of hydrogen-bond acceptors (Lipinski definition) is 4. The lowest BCUT2D eigenvalue weighted by molar-refractivity contribution is 0.265. The van der Waals surface area contributed by atoms with Gasteiger partial charge in [0.15, 0.2) is 5.76 Å². The van der Waals surface area contributed by atoms with E-state index in [1.54, 1.807) is 0 Å². The maximum atomic E-state index is 5.36. The van der Waals surface area contributed by atoms with Crippen molar-refractivity contribution in [3.05, 3.63) is 52.9 Å². The SMILES string of the molecule is CCNCc1cc(CN(C)Cc2ccc(C)cc2)on1. The molecule has 0 bridgehead atoms. The Hall–Kier alpha value is -1.65. The first-order valence-electron chi connectivity index (χ1n) is 7.06. The van der Waals surface area contributed by atoms with E-state index in [-0.39, 0.29) is 0 Å². The third kappa shape index (κ3) is 4.47. The van der Waals surface area contributed by atoms with Crippen LogP contribution in [0.5, 0.6) is 0 Å². The Bertz CT molecular complexity index is 519. The molecule has 108 valence electrons. The number of aryl methyl sites for hydroxylation is 1. The second-order valence-electron chi connectivity index (χ2n) is 5.22. The van der Waals surface area contributed by atoms with Crippen LogP contribution in [0, 0.1) is 6.92 Å². The van der Waals surface area contributed by atoms with Crippen molar-refractivity contribution < 1.29 is 4.52 Å². The molecule has 4 nitrogen and oxygen atoms in total. The zero-order chi connectivity index (χ0) is 14.4. The predicted octanol–water partition coefficient (Wildman–Crippen LogP) is 2.72. The van der Waals surface area contributed by atoms with Gasteiger partial charge in [-0.15, -0.1) is 0 Å². The lowest BCUT2D eigenvalue weighted by Crippen LogP contribution is -2.16. The Labute approximate surface area is 120 Å². The Morgan fingerprint density at radius 3 is 2.65 bits per heavy atom. The van der Waals surface area contributed by atoms with Crippen LogP contribution in [0.15, 0.2) is 34.9 Å². The van der Waals surface area contributed by atoms with Gasteiger partial charge in [0.1, 0.15) is 0 Å². The zero-order valence-electron chi connectivity index (χ0n) is 12.5. The quantitative estimate of drug-likeness (QED) is 0.842. The van der Waals surface area contributed by atoms with Crippen molar-refractivity contribution in [2.75, 3.05) is 13.6 Å². The van der Waals surface area contributed by atoms with Crippen LogP contribution in [0.1, 0.15) is 29.5 Å². The fourth-order valence-electron chi connectivity index (χ4n) is 2.09. The Balaban J connectivity index is 1.86. The van der Waals surface area contributed by atoms with Gasteiger partial charge in [-0.2, -0.15) is 0 Å². The Kier molecular flexibility index (Phi) is 5.32. The third-order valence-corrected chi connectivity index (χ3v) is 3.16. The summed E-state index contributed by atoms with van der Waals surface area (Å²) in [5.74, 6) is 0.910. The van der Waals surface area contributed by atoms with Crippen LogP contribution in [0.4, 0.5) is 0 Å². The molecule has 0 fully saturated rings. The predicted molar refractivity (Wildman–Crippen MR) is 80.2 cm³/mol. The van der Waals surface area contributed by atoms with Gasteiger partial charge < -0.3 is 9.84 Å². The standard InChI is InChI=1S/C16H23N3O/c1-4-17-10-15-9-16(20-18-15)12-19(3)11-14-7-5-13(2)6-8-14/h5-9,17H,4,10-12H2,1-3H3. The molecule has 2 aromatic rings. The highest BCUT2D eigenvalue weighted by Crippen LogP contribution is 2.10. The maximum absolute atomic E-state index is 5.36. The van der Waals surface area contributed by atoms with Crippen LogP contribution in [0.3, 0.4) is 0 Å². The molecule has 0 saturated heterocycles. The first-order valence-corrected chi connectivity index (χ1v) is 7.06. The van der Waals surface area contributed by atoms with E-state index in [1.165, 1.54) is 11.1 Å². The van der Waals surface area contributed by atoms with Crippen molar-refractivity contribution in [2.45, 2.75) is 33.5 Å². The maximum Gasteiger partial charge on any atom is 0.151 e. The normalized spacial score (nSPS) is 11.2. The molecule has 0 radical (unpaired) electrons. The molecule has 20 heavy (non-hydrogen) atoms. The summed E-state index contributed by atoms with van der Waals surface area (Å²) in [5, 5.41) is 7.30. The summed E-state index contributed by atoms with van der Waals surface area (Å²) in [7, 11) is 2.09. The van der Waals surface area contributed by atoms with Crippen molar-refractivity contribution in [2.24, 2.45) is 0 Å². The second kappa shape index (κ2) is 7.22. The van der Waals surface area contributed by atoms with Gasteiger partial charge in [-0.1, -0.05) is 41.9 Å². The van der Waals surface area contributed by atoms with E-state index >= 15 is 0 Å². The van der Waals surface area contributed by atoms with Gasteiger partial charge in [-0.25, -0.2) is 0 Å². The van der Waals surface area contributed by atoms with Gasteiger partial charge in [-0.3, -0.25) is 4.90 Å². The lowest BCUT2D eigenvalue weighted by Gasteiger charge is -2.14. The van der Waals surface area contributed by atoms with E-state index in [4.69, 9.17) is 4.52 Å². The average Bonchev–Trinajstić information content (AvgIpc) is 2.86. The zero-order valence-corrected chi connectivity index (χ0v) is 12.5. The molecule has 4 heteroatoms. The second-order valence-corrected chi connectivity index (χ2v) is 5.22. The van der Waals surface area contributed by atoms with Crippen LogP contribution in [0.25, 0.3) is 0 Å². The van der Waals surface area contributed by atoms with E-state index in [9.17, 15) is 0 Å². The van der Waals surface area contributed by atoms with Gasteiger partial charge >= 0.3 is 0 Å². The van der Waals surface area contributed by atoms with Crippen molar-refractivity contribution in [3.8, 4) is 0 Å². The number of aromatic nitrogens is 1. The molecule has 0 aliphatic rings. The molecule has 0 unspecified atom stereocenters. The van der Waals surface area contributed by atoms with Crippen molar-refractivity contribution in [1.82, 2.24) is 15.4 Å². The van der Waals surface area contributed by atoms with Crippen LogP contribution in [-0.2, 0) is 19.6 Å². The highest BCUT2D eigenvalue weighted by molar-refractivity contribution is 5.21. The summed E-state index contributed by atoms with van der Waals surface area (Å²) in [6.07, 6.45) is 0. The van der Waals surface area contributed by atoms with Gasteiger partial charge in [0, 0.05) is 19.2 Å². The van der Waals surface area contributed by atoms with E-state index in [2.05, 4.69) is 60.5 Å². The minimum Gasteiger partial charge on any atom is -0.360 e. The third-order valence-electron chi connectivity index (χ3n) is 3.16. The number of nitrogens with zero attached hydrogens (tertiary/aromatic N) is 2. The van der Waals surface area contributed by atoms with Gasteiger partial charge in [0.05, 0.1) is 12.2 Å². The number of hydrogen-bond donors (Lipinski definition) is 1. The fraction of sp³-hybridized carbons (Fsp3) is 0.438. The molecule has 0 aliphatic carbocycles. The first kappa shape index (κ1) is 14.8. The molecule has 0 aliphatic heterocycles. The van der Waals surface area contributed by atoms with Crippen molar-refractivity contribution >= 4 is 0 Å². The minimum absolute atomic E-state index is 0.766. The molecular weight excluding hydrogens is 250 g/mol. The monoisotopic (exact) mass is 273 g/mol. The molecule has 1 heterocycles. The van der Waals surface area contributed by atoms with E-state index in [0.717, 1.165) is 37.6 Å². The molecule has 0 spiro atoms. The first-order chi connectivity index (χ1) is 9.67. The minimum atomic E-state index is 0.766. The number of nitrogens with one attached hydrogen (secondary N) is 1. The number of rotatable bonds is 7. The molecule has 1 aromatic heterocycles. The highest BCUT2D eigenvalue weighted by Gasteiger charge is 2.07. The van der Waals surface area contributed by atoms with Crippen LogP contribution >= 0.6 is 0 Å². The van der Waals surface area contributed by atoms with Gasteiger partial charge in [0.2, 0.25) is 0 Å². The van der Waals surface area contributed by atoms with Crippen LogP contribution in [-0.4, -0.2) is 23.6 Å². The van der Waals surface area contributed by atoms with Crippen LogP contribution < -0.4 is 5.32 Å². The molecular formula is C16H23N3O. The summed E-state index contributed by atoms with van der Waals surface area (Å²) in [5.41, 5.74) is 3.57. The molecule has 1 aromatic carbocycles. The largest absolute Gasteiger partial charge is 0.360 e. The summed E-state index contributed by atoms with van der Waals surface area (Å²) in [6, 6.07) is 10.7. The summed E-state index contributed by atoms with van der Waals surface area (Å²) in [6.45, 7) is 7.57.